The van der Waals surface area contributed by atoms with E-state index in [1.54, 1.807) is 23.8 Å². The molecule has 34 heavy (non-hydrogen) atoms. The molecule has 1 saturated heterocycles. The molecule has 0 aliphatic carbocycles. The van der Waals surface area contributed by atoms with Gasteiger partial charge in [-0.25, -0.2) is 9.78 Å². The summed E-state index contributed by atoms with van der Waals surface area (Å²) >= 11 is 1.35. The van der Waals surface area contributed by atoms with Gasteiger partial charge >= 0.3 is 5.97 Å². The highest BCUT2D eigenvalue weighted by molar-refractivity contribution is 7.18. The van der Waals surface area contributed by atoms with Crippen molar-refractivity contribution >= 4 is 39.3 Å². The molecular weight excluding hydrogens is 464 g/mol. The zero-order valence-corrected chi connectivity index (χ0v) is 18.8. The molecule has 5 rings (SSSR count). The summed E-state index contributed by atoms with van der Waals surface area (Å²) in [4.78, 5) is 43.3. The lowest BCUT2D eigenvalue weighted by atomic mass is 9.83. The Morgan fingerprint density at radius 3 is 2.76 bits per heavy atom. The van der Waals surface area contributed by atoms with Crippen LogP contribution >= 0.6 is 11.3 Å². The number of nitro groups is 1. The van der Waals surface area contributed by atoms with E-state index in [2.05, 4.69) is 4.98 Å². The van der Waals surface area contributed by atoms with Crippen molar-refractivity contribution in [2.45, 2.75) is 38.7 Å². The van der Waals surface area contributed by atoms with Crippen LogP contribution in [0.5, 0.6) is 0 Å². The van der Waals surface area contributed by atoms with Gasteiger partial charge in [-0.2, -0.15) is 0 Å². The number of benzene rings is 1. The average Bonchev–Trinajstić information content (AvgIpc) is 3.48. The SMILES string of the molecule is C[C@@H](O)[C@H]1C(=O)N2C(C(=O)OCc3ccc([N+](=O)[O-])cc3)=C(c3sc4cncn4c3CO)C[C@H]12. The zero-order valence-electron chi connectivity index (χ0n) is 18.0. The third-order valence-corrected chi connectivity index (χ3v) is 7.42. The number of thiazole rings is 1. The summed E-state index contributed by atoms with van der Waals surface area (Å²) in [7, 11) is 0. The lowest BCUT2D eigenvalue weighted by Gasteiger charge is -2.44. The number of nitro benzene ring substituents is 1. The van der Waals surface area contributed by atoms with Crippen LogP contribution in [0.25, 0.3) is 10.4 Å². The van der Waals surface area contributed by atoms with E-state index in [1.807, 2.05) is 0 Å². The van der Waals surface area contributed by atoms with Gasteiger partial charge in [0.1, 0.15) is 23.5 Å². The molecule has 2 aliphatic heterocycles. The van der Waals surface area contributed by atoms with Crippen LogP contribution in [0.15, 0.2) is 42.5 Å². The summed E-state index contributed by atoms with van der Waals surface area (Å²) < 4.78 is 7.22. The fourth-order valence-corrected chi connectivity index (χ4v) is 5.77. The van der Waals surface area contributed by atoms with E-state index >= 15 is 0 Å². The Kier molecular flexibility index (Phi) is 5.42. The second-order valence-corrected chi connectivity index (χ2v) is 9.24. The van der Waals surface area contributed by atoms with Gasteiger partial charge < -0.3 is 19.8 Å². The van der Waals surface area contributed by atoms with Crippen LogP contribution in [-0.4, -0.2) is 53.4 Å². The first-order valence-corrected chi connectivity index (χ1v) is 11.3. The lowest BCUT2D eigenvalue weighted by molar-refractivity contribution is -0.384. The van der Waals surface area contributed by atoms with E-state index in [1.165, 1.54) is 40.5 Å². The van der Waals surface area contributed by atoms with Gasteiger partial charge in [-0.1, -0.05) is 0 Å². The molecule has 3 aromatic rings. The summed E-state index contributed by atoms with van der Waals surface area (Å²) in [6, 6.07) is 5.25. The van der Waals surface area contributed by atoms with Crippen molar-refractivity contribution in [3.8, 4) is 0 Å². The minimum Gasteiger partial charge on any atom is -0.456 e. The lowest BCUT2D eigenvalue weighted by Crippen LogP contribution is -2.61. The first-order valence-electron chi connectivity index (χ1n) is 10.5. The molecule has 3 atom stereocenters. The van der Waals surface area contributed by atoms with Gasteiger partial charge in [0.15, 0.2) is 0 Å². The predicted octanol–water partition coefficient (Wildman–Crippen LogP) is 1.86. The molecule has 2 aromatic heterocycles. The molecule has 2 N–H and O–H groups in total. The first kappa shape index (κ1) is 22.2. The van der Waals surface area contributed by atoms with Gasteiger partial charge in [0, 0.05) is 17.7 Å². The number of nitrogens with zero attached hydrogens (tertiary/aromatic N) is 4. The standard InChI is InChI=1S/C22H20N4O7S/c1-11(28)18-15-6-14(20-16(8-27)24-10-23-7-17(24)34-20)19(25(15)21(18)29)22(30)33-9-12-2-4-13(5-3-12)26(31)32/h2-5,7,10-11,15,18,27-28H,6,8-9H2,1H3/t11-,15-,18-/m1/s1. The highest BCUT2D eigenvalue weighted by atomic mass is 32.1. The third kappa shape index (κ3) is 3.38. The molecule has 0 radical (unpaired) electrons. The number of hydrogen-bond acceptors (Lipinski definition) is 9. The highest BCUT2D eigenvalue weighted by Crippen LogP contribution is 2.49. The Labute approximate surface area is 196 Å². The average molecular weight is 484 g/mol. The topological polar surface area (TPSA) is 148 Å². The number of aliphatic hydroxyl groups is 2. The molecule has 0 saturated carbocycles. The summed E-state index contributed by atoms with van der Waals surface area (Å²) in [5.41, 5.74) is 1.71. The van der Waals surface area contributed by atoms with Gasteiger partial charge in [-0.3, -0.25) is 19.3 Å². The smallest absolute Gasteiger partial charge is 0.355 e. The number of carbonyl (C=O) groups is 2. The highest BCUT2D eigenvalue weighted by Gasteiger charge is 2.57. The van der Waals surface area contributed by atoms with Crippen LogP contribution in [0, 0.1) is 16.0 Å². The number of fused-ring (bicyclic) bond motifs is 2. The van der Waals surface area contributed by atoms with Crippen molar-refractivity contribution in [3.63, 3.8) is 0 Å². The van der Waals surface area contributed by atoms with Gasteiger partial charge in [0.05, 0.1) is 46.4 Å². The maximum atomic E-state index is 13.2. The fourth-order valence-electron chi connectivity index (χ4n) is 4.61. The maximum absolute atomic E-state index is 13.2. The summed E-state index contributed by atoms with van der Waals surface area (Å²) in [6.07, 6.45) is 2.69. The molecule has 12 heteroatoms. The molecule has 2 aliphatic rings. The number of imidazole rings is 1. The molecule has 176 valence electrons. The van der Waals surface area contributed by atoms with E-state index in [0.717, 1.165) is 4.83 Å². The number of aromatic nitrogens is 2. The first-order chi connectivity index (χ1) is 16.3. The largest absolute Gasteiger partial charge is 0.456 e. The minimum absolute atomic E-state index is 0.0748. The van der Waals surface area contributed by atoms with Crippen LogP contribution in [-0.2, 0) is 27.5 Å². The van der Waals surface area contributed by atoms with E-state index in [4.69, 9.17) is 4.74 Å². The van der Waals surface area contributed by atoms with E-state index in [-0.39, 0.29) is 36.5 Å². The minimum atomic E-state index is -0.869. The van der Waals surface area contributed by atoms with Crippen LogP contribution in [0.3, 0.4) is 0 Å². The van der Waals surface area contributed by atoms with E-state index in [9.17, 15) is 29.9 Å². The number of amides is 1. The summed E-state index contributed by atoms with van der Waals surface area (Å²) in [6.45, 7) is 1.12. The molecule has 11 nitrogen and oxygen atoms in total. The van der Waals surface area contributed by atoms with Crippen molar-refractivity contribution in [1.29, 1.82) is 0 Å². The van der Waals surface area contributed by atoms with Gasteiger partial charge in [0.2, 0.25) is 5.91 Å². The van der Waals surface area contributed by atoms with E-state index in [0.29, 0.717) is 28.1 Å². The monoisotopic (exact) mass is 484 g/mol. The zero-order chi connectivity index (χ0) is 24.1. The molecule has 4 heterocycles. The Balaban J connectivity index is 1.48. The van der Waals surface area contributed by atoms with Crippen molar-refractivity contribution < 1.29 is 29.5 Å². The predicted molar refractivity (Wildman–Crippen MR) is 119 cm³/mol. The number of esters is 1. The molecule has 1 fully saturated rings. The number of ether oxygens (including phenoxy) is 1. The number of aliphatic hydroxyl groups excluding tert-OH is 2. The van der Waals surface area contributed by atoms with Crippen LogP contribution in [0.1, 0.15) is 29.5 Å². The van der Waals surface area contributed by atoms with Crippen molar-refractivity contribution in [2.24, 2.45) is 5.92 Å². The number of hydrogen-bond donors (Lipinski definition) is 2. The molecule has 1 amide bonds. The van der Waals surface area contributed by atoms with Gasteiger partial charge in [-0.15, -0.1) is 11.3 Å². The van der Waals surface area contributed by atoms with Crippen molar-refractivity contribution in [1.82, 2.24) is 14.3 Å². The normalized spacial score (nSPS) is 20.4. The van der Waals surface area contributed by atoms with Crippen LogP contribution in [0.2, 0.25) is 0 Å². The van der Waals surface area contributed by atoms with Crippen LogP contribution in [0.4, 0.5) is 5.69 Å². The Hall–Kier alpha value is -3.61. The summed E-state index contributed by atoms with van der Waals surface area (Å²) in [5, 5.41) is 30.9. The molecule has 1 aromatic carbocycles. The number of non-ortho nitro benzene ring substituents is 1. The number of carbonyl (C=O) groups excluding carboxylic acids is 2. The maximum Gasteiger partial charge on any atom is 0.355 e. The second kappa shape index (κ2) is 8.31. The Morgan fingerprint density at radius 1 is 1.38 bits per heavy atom. The molecular formula is C22H20N4O7S. The second-order valence-electron chi connectivity index (χ2n) is 8.21. The van der Waals surface area contributed by atoms with Gasteiger partial charge in [0.25, 0.3) is 5.69 Å². The summed E-state index contributed by atoms with van der Waals surface area (Å²) in [5.74, 6) is -1.69. The van der Waals surface area contributed by atoms with Crippen LogP contribution < -0.4 is 0 Å². The third-order valence-electron chi connectivity index (χ3n) is 6.23. The Morgan fingerprint density at radius 2 is 2.12 bits per heavy atom. The number of rotatable bonds is 7. The number of β-lactam (4-membered cyclic amide) rings is 1. The molecule has 0 unspecified atom stereocenters. The molecule has 0 spiro atoms. The fraction of sp³-hybridized carbons (Fsp3) is 0.318. The van der Waals surface area contributed by atoms with E-state index < -0.39 is 22.9 Å². The van der Waals surface area contributed by atoms with Crippen molar-refractivity contribution in [2.75, 3.05) is 0 Å². The van der Waals surface area contributed by atoms with Gasteiger partial charge in [-0.05, 0) is 31.0 Å². The quantitative estimate of drug-likeness (QED) is 0.224. The Bertz CT molecular complexity index is 1340. The van der Waals surface area contributed by atoms with Crippen molar-refractivity contribution in [3.05, 3.63) is 68.7 Å². The molecule has 0 bridgehead atoms.